The lowest BCUT2D eigenvalue weighted by Crippen LogP contribution is -2.18. The predicted octanol–water partition coefficient (Wildman–Crippen LogP) is 3.74. The van der Waals surface area contributed by atoms with E-state index in [9.17, 15) is 4.57 Å². The molecule has 0 saturated carbocycles. The Bertz CT molecular complexity index is 351. The van der Waals surface area contributed by atoms with Gasteiger partial charge in [-0.15, -0.1) is 0 Å². The lowest BCUT2D eigenvalue weighted by atomic mass is 10.3. The number of likely N-dealkylation sites (tertiary alicyclic amines) is 1. The van der Waals surface area contributed by atoms with Gasteiger partial charge in [-0.05, 0) is 46.0 Å². The number of nitrogens with zero attached hydrogens (tertiary/aromatic N) is 1. The van der Waals surface area contributed by atoms with Gasteiger partial charge in [0.05, 0.1) is 18.5 Å². The molecule has 0 radical (unpaired) electrons. The summed E-state index contributed by atoms with van der Waals surface area (Å²) < 4.78 is 23.8. The van der Waals surface area contributed by atoms with Crippen LogP contribution in [0.3, 0.4) is 0 Å². The maximum Gasteiger partial charge on any atom is 0.359 e. The minimum atomic E-state index is -3.04. The van der Waals surface area contributed by atoms with E-state index in [0.717, 1.165) is 37.7 Å². The van der Waals surface area contributed by atoms with Gasteiger partial charge in [0, 0.05) is 18.8 Å². The van der Waals surface area contributed by atoms with Crippen LogP contribution in [-0.2, 0) is 13.6 Å². The summed E-state index contributed by atoms with van der Waals surface area (Å²) in [5, 5.41) is 0.952. The van der Waals surface area contributed by atoms with Crippen LogP contribution >= 0.6 is 7.60 Å². The third-order valence-corrected chi connectivity index (χ3v) is 5.92. The highest BCUT2D eigenvalue weighted by Gasteiger charge is 2.36. The first-order valence-electron chi connectivity index (χ1n) is 7.08. The van der Waals surface area contributed by atoms with Gasteiger partial charge in [0.2, 0.25) is 0 Å². The quantitative estimate of drug-likeness (QED) is 0.691. The molecule has 0 unspecified atom stereocenters. The monoisotopic (exact) mass is 273 g/mol. The van der Waals surface area contributed by atoms with Crippen LogP contribution in [0.4, 0.5) is 0 Å². The van der Waals surface area contributed by atoms with E-state index < -0.39 is 7.60 Å². The SMILES string of the molecule is CCOP(=O)(OCC)C1=C(N2CCCC2)CCC1. The number of rotatable bonds is 6. The van der Waals surface area contributed by atoms with Crippen molar-refractivity contribution in [2.24, 2.45) is 0 Å². The van der Waals surface area contributed by atoms with Crippen LogP contribution in [0.1, 0.15) is 46.0 Å². The molecular weight excluding hydrogens is 249 g/mol. The highest BCUT2D eigenvalue weighted by molar-refractivity contribution is 7.58. The van der Waals surface area contributed by atoms with Crippen LogP contribution in [0.25, 0.3) is 0 Å². The van der Waals surface area contributed by atoms with Crippen LogP contribution in [0, 0.1) is 0 Å². The number of allylic oxidation sites excluding steroid dienone is 2. The molecule has 0 aromatic heterocycles. The maximum atomic E-state index is 12.9. The molecule has 1 fully saturated rings. The van der Waals surface area contributed by atoms with Gasteiger partial charge < -0.3 is 13.9 Å². The standard InChI is InChI=1S/C13H24NO3P/c1-3-16-18(15,17-4-2)13-9-7-8-12(13)14-10-5-6-11-14/h3-11H2,1-2H3. The zero-order valence-corrected chi connectivity index (χ0v) is 12.4. The van der Waals surface area contributed by atoms with Crippen LogP contribution in [0.2, 0.25) is 0 Å². The second kappa shape index (κ2) is 6.23. The van der Waals surface area contributed by atoms with Gasteiger partial charge in [0.15, 0.2) is 0 Å². The normalized spacial score (nSPS) is 21.1. The fourth-order valence-electron chi connectivity index (χ4n) is 2.87. The van der Waals surface area contributed by atoms with Crippen molar-refractivity contribution >= 4 is 7.60 Å². The van der Waals surface area contributed by atoms with E-state index in [-0.39, 0.29) is 0 Å². The summed E-state index contributed by atoms with van der Waals surface area (Å²) >= 11 is 0. The summed E-state index contributed by atoms with van der Waals surface area (Å²) in [5.74, 6) is 0. The first kappa shape index (κ1) is 14.1. The minimum absolute atomic E-state index is 0.439. The third kappa shape index (κ3) is 2.81. The Balaban J connectivity index is 2.25. The Morgan fingerprint density at radius 3 is 2.22 bits per heavy atom. The minimum Gasteiger partial charge on any atom is -0.374 e. The fraction of sp³-hybridized carbons (Fsp3) is 0.846. The second-order valence-electron chi connectivity index (χ2n) is 4.77. The van der Waals surface area contributed by atoms with Crippen LogP contribution in [0.15, 0.2) is 11.0 Å². The van der Waals surface area contributed by atoms with Crippen molar-refractivity contribution < 1.29 is 13.6 Å². The zero-order valence-electron chi connectivity index (χ0n) is 11.5. The van der Waals surface area contributed by atoms with Crippen molar-refractivity contribution in [2.45, 2.75) is 46.0 Å². The average Bonchev–Trinajstić information content (AvgIpc) is 3.00. The fourth-order valence-corrected chi connectivity index (χ4v) is 4.93. The molecular formula is C13H24NO3P. The van der Waals surface area contributed by atoms with E-state index in [1.165, 1.54) is 18.5 Å². The van der Waals surface area contributed by atoms with Crippen molar-refractivity contribution in [1.29, 1.82) is 0 Å². The van der Waals surface area contributed by atoms with E-state index >= 15 is 0 Å². The van der Waals surface area contributed by atoms with Gasteiger partial charge in [-0.3, -0.25) is 4.57 Å². The molecule has 0 spiro atoms. The molecule has 5 heteroatoms. The van der Waals surface area contributed by atoms with E-state index in [0.29, 0.717) is 13.2 Å². The maximum absolute atomic E-state index is 12.9. The molecule has 0 N–H and O–H groups in total. The van der Waals surface area contributed by atoms with Gasteiger partial charge >= 0.3 is 7.60 Å². The molecule has 0 aromatic carbocycles. The summed E-state index contributed by atoms with van der Waals surface area (Å²) in [5.41, 5.74) is 1.25. The summed E-state index contributed by atoms with van der Waals surface area (Å²) in [4.78, 5) is 2.38. The van der Waals surface area contributed by atoms with Crippen LogP contribution < -0.4 is 0 Å². The molecule has 1 heterocycles. The predicted molar refractivity (Wildman–Crippen MR) is 72.5 cm³/mol. The molecule has 1 saturated heterocycles. The van der Waals surface area contributed by atoms with Crippen molar-refractivity contribution in [3.8, 4) is 0 Å². The first-order chi connectivity index (χ1) is 8.71. The Morgan fingerprint density at radius 1 is 1.06 bits per heavy atom. The number of hydrogen-bond donors (Lipinski definition) is 0. The van der Waals surface area contributed by atoms with E-state index in [4.69, 9.17) is 9.05 Å². The summed E-state index contributed by atoms with van der Waals surface area (Å²) in [7, 11) is -3.04. The molecule has 2 aliphatic rings. The molecule has 1 aliphatic carbocycles. The largest absolute Gasteiger partial charge is 0.374 e. The van der Waals surface area contributed by atoms with Gasteiger partial charge in [-0.1, -0.05) is 0 Å². The lowest BCUT2D eigenvalue weighted by molar-refractivity contribution is 0.225. The summed E-state index contributed by atoms with van der Waals surface area (Å²) in [6, 6.07) is 0. The lowest BCUT2D eigenvalue weighted by Gasteiger charge is -2.25. The van der Waals surface area contributed by atoms with Crippen molar-refractivity contribution in [2.75, 3.05) is 26.3 Å². The smallest absolute Gasteiger partial charge is 0.359 e. The van der Waals surface area contributed by atoms with Crippen LogP contribution in [0.5, 0.6) is 0 Å². The molecule has 2 rings (SSSR count). The third-order valence-electron chi connectivity index (χ3n) is 3.58. The van der Waals surface area contributed by atoms with E-state index in [2.05, 4.69) is 4.90 Å². The summed E-state index contributed by atoms with van der Waals surface area (Å²) in [6.07, 6.45) is 5.45. The zero-order chi connectivity index (χ0) is 13.0. The Hall–Kier alpha value is -0.310. The van der Waals surface area contributed by atoms with E-state index in [1.807, 2.05) is 13.8 Å². The van der Waals surface area contributed by atoms with Crippen LogP contribution in [-0.4, -0.2) is 31.2 Å². The van der Waals surface area contributed by atoms with Gasteiger partial charge in [0.1, 0.15) is 0 Å². The molecule has 104 valence electrons. The van der Waals surface area contributed by atoms with Crippen molar-refractivity contribution in [3.63, 3.8) is 0 Å². The molecule has 0 bridgehead atoms. The Kier molecular flexibility index (Phi) is 4.88. The Morgan fingerprint density at radius 2 is 1.67 bits per heavy atom. The second-order valence-corrected chi connectivity index (χ2v) is 6.83. The molecule has 0 amide bonds. The molecule has 1 aliphatic heterocycles. The number of hydrogen-bond acceptors (Lipinski definition) is 4. The molecule has 0 aromatic rings. The highest BCUT2D eigenvalue weighted by atomic mass is 31.2. The van der Waals surface area contributed by atoms with Crippen molar-refractivity contribution in [3.05, 3.63) is 11.0 Å². The van der Waals surface area contributed by atoms with Gasteiger partial charge in [-0.25, -0.2) is 0 Å². The van der Waals surface area contributed by atoms with Gasteiger partial charge in [-0.2, -0.15) is 0 Å². The highest BCUT2D eigenvalue weighted by Crippen LogP contribution is 2.61. The van der Waals surface area contributed by atoms with E-state index in [1.54, 1.807) is 0 Å². The average molecular weight is 273 g/mol. The first-order valence-corrected chi connectivity index (χ1v) is 8.62. The topological polar surface area (TPSA) is 38.8 Å². The van der Waals surface area contributed by atoms with Gasteiger partial charge in [0.25, 0.3) is 0 Å². The summed E-state index contributed by atoms with van der Waals surface area (Å²) in [6.45, 7) is 6.81. The molecule has 4 nitrogen and oxygen atoms in total. The Labute approximate surface area is 110 Å². The molecule has 0 atom stereocenters. The molecule has 18 heavy (non-hydrogen) atoms. The van der Waals surface area contributed by atoms with Crippen molar-refractivity contribution in [1.82, 2.24) is 4.90 Å².